The fourth-order valence-electron chi connectivity index (χ4n) is 9.18. The maximum absolute atomic E-state index is 12.6. The average Bonchev–Trinajstić information content (AvgIpc) is 3.84. The third-order valence-corrected chi connectivity index (χ3v) is 12.3. The number of carbonyl (C=O) groups excluding carboxylic acids is 2. The Morgan fingerprint density at radius 2 is 1.75 bits per heavy atom. The number of piperidine rings is 3. The fraction of sp³-hybridized carbons (Fsp3) is 0.405. The molecule has 3 N–H and O–H groups in total. The number of pyridine rings is 1. The van der Waals surface area contributed by atoms with E-state index in [0.29, 0.717) is 43.4 Å². The number of amides is 2. The molecule has 10 rings (SSSR count). The van der Waals surface area contributed by atoms with Crippen molar-refractivity contribution in [2.45, 2.75) is 63.5 Å². The minimum atomic E-state index is -0.396. The number of nitrogens with zero attached hydrogens (tertiary/aromatic N) is 9. The summed E-state index contributed by atoms with van der Waals surface area (Å²) in [4.78, 5) is 43.4. The van der Waals surface area contributed by atoms with Crippen molar-refractivity contribution in [2.24, 2.45) is 7.05 Å². The largest absolute Gasteiger partial charge is 0.474 e. The Kier molecular flexibility index (Phi) is 8.95. The van der Waals surface area contributed by atoms with Crippen molar-refractivity contribution in [3.8, 4) is 17.0 Å². The van der Waals surface area contributed by atoms with E-state index in [1.807, 2.05) is 30.3 Å². The van der Waals surface area contributed by atoms with Gasteiger partial charge in [0.2, 0.25) is 23.6 Å². The molecule has 15 nitrogen and oxygen atoms in total. The van der Waals surface area contributed by atoms with Crippen LogP contribution >= 0.6 is 0 Å². The van der Waals surface area contributed by atoms with E-state index >= 15 is 0 Å². The fourth-order valence-corrected chi connectivity index (χ4v) is 9.18. The van der Waals surface area contributed by atoms with Crippen LogP contribution in [-0.4, -0.2) is 96.6 Å². The zero-order chi connectivity index (χ0) is 38.6. The van der Waals surface area contributed by atoms with Gasteiger partial charge < -0.3 is 25.2 Å². The van der Waals surface area contributed by atoms with Crippen molar-refractivity contribution in [3.05, 3.63) is 72.4 Å². The molecule has 0 bridgehead atoms. The van der Waals surface area contributed by atoms with Crippen LogP contribution in [0.5, 0.6) is 5.88 Å². The molecule has 3 saturated heterocycles. The van der Waals surface area contributed by atoms with E-state index in [1.54, 1.807) is 0 Å². The normalized spacial score (nSPS) is 19.7. The number of rotatable bonds is 7. The van der Waals surface area contributed by atoms with Gasteiger partial charge in [-0.1, -0.05) is 12.1 Å². The van der Waals surface area contributed by atoms with Crippen LogP contribution in [0.3, 0.4) is 0 Å². The Balaban J connectivity index is 0.741. The Morgan fingerprint density at radius 1 is 0.912 bits per heavy atom. The zero-order valence-electron chi connectivity index (χ0n) is 32.2. The molecular formula is C42H46N12O3. The Hall–Kier alpha value is -6.09. The molecule has 4 aliphatic rings. The quantitative estimate of drug-likeness (QED) is 0.177. The number of hydrogen-bond acceptors (Lipinski definition) is 12. The summed E-state index contributed by atoms with van der Waals surface area (Å²) < 4.78 is 9.69. The van der Waals surface area contributed by atoms with Crippen molar-refractivity contribution in [1.82, 2.24) is 44.7 Å². The monoisotopic (exact) mass is 766 g/mol. The van der Waals surface area contributed by atoms with Crippen molar-refractivity contribution in [2.75, 3.05) is 54.9 Å². The number of aromatic nitrogens is 7. The molecule has 8 heterocycles. The lowest BCUT2D eigenvalue weighted by molar-refractivity contribution is -0.134. The minimum Gasteiger partial charge on any atom is -0.474 e. The highest BCUT2D eigenvalue weighted by atomic mass is 16.5. The van der Waals surface area contributed by atoms with Crippen LogP contribution in [0.4, 0.5) is 23.0 Å². The number of anilines is 4. The number of ether oxygens (including phenoxy) is 1. The molecule has 2 amide bonds. The maximum atomic E-state index is 12.6. The standard InChI is InChI=1S/C42H46N12O3/c1-25-34(23-44-41-38(25)43-13-18-57-41)26-3-4-27-21-45-42(48-35(27)19-26)47-28-22-46-54(24-28)30-11-16-52(17-12-30)29-9-14-53(15-10-29)31-5-6-32-36(20-31)51(2)50-39(32)33-7-8-37(55)49-40(33)56/h3-6,19-24,29-30,33,43H,7-18H2,1-2H3,(H,45,47,48)(H,49,55,56). The molecule has 1 unspecified atom stereocenters. The molecule has 1 atom stereocenters. The minimum absolute atomic E-state index is 0.208. The summed E-state index contributed by atoms with van der Waals surface area (Å²) in [6, 6.07) is 13.6. The predicted molar refractivity (Wildman–Crippen MR) is 218 cm³/mol. The second-order valence-electron chi connectivity index (χ2n) is 15.8. The summed E-state index contributed by atoms with van der Waals surface area (Å²) in [7, 11) is 1.93. The van der Waals surface area contributed by atoms with Crippen molar-refractivity contribution >= 4 is 56.6 Å². The lowest BCUT2D eigenvalue weighted by Gasteiger charge is -2.42. The zero-order valence-corrected chi connectivity index (χ0v) is 32.2. The second-order valence-corrected chi connectivity index (χ2v) is 15.8. The Bertz CT molecular complexity index is 2510. The van der Waals surface area contributed by atoms with Gasteiger partial charge in [0.25, 0.3) is 0 Å². The summed E-state index contributed by atoms with van der Waals surface area (Å²) in [5.74, 6) is 0.336. The molecule has 2 aromatic carbocycles. The highest BCUT2D eigenvalue weighted by molar-refractivity contribution is 6.02. The van der Waals surface area contributed by atoms with Gasteiger partial charge in [-0.3, -0.25) is 24.3 Å². The van der Waals surface area contributed by atoms with Gasteiger partial charge in [-0.15, -0.1) is 0 Å². The highest BCUT2D eigenvalue weighted by Gasteiger charge is 2.33. The maximum Gasteiger partial charge on any atom is 0.237 e. The van der Waals surface area contributed by atoms with Gasteiger partial charge in [0, 0.05) is 92.8 Å². The molecule has 4 aromatic heterocycles. The summed E-state index contributed by atoms with van der Waals surface area (Å²) >= 11 is 0. The summed E-state index contributed by atoms with van der Waals surface area (Å²) in [5.41, 5.74) is 8.83. The molecule has 0 saturated carbocycles. The first kappa shape index (κ1) is 35.3. The van der Waals surface area contributed by atoms with E-state index in [-0.39, 0.29) is 11.8 Å². The third-order valence-electron chi connectivity index (χ3n) is 12.3. The number of benzene rings is 2. The Morgan fingerprint density at radius 3 is 2.60 bits per heavy atom. The van der Waals surface area contributed by atoms with Crippen molar-refractivity contribution in [3.63, 3.8) is 0 Å². The molecule has 6 aromatic rings. The van der Waals surface area contributed by atoms with Gasteiger partial charge >= 0.3 is 0 Å². The van der Waals surface area contributed by atoms with E-state index in [4.69, 9.17) is 19.9 Å². The summed E-state index contributed by atoms with van der Waals surface area (Å²) in [6.45, 7) is 7.59. The molecule has 4 aliphatic heterocycles. The molecule has 57 heavy (non-hydrogen) atoms. The predicted octanol–water partition coefficient (Wildman–Crippen LogP) is 5.46. The van der Waals surface area contributed by atoms with Gasteiger partial charge in [-0.2, -0.15) is 10.2 Å². The van der Waals surface area contributed by atoms with Gasteiger partial charge in [-0.05, 0) is 74.4 Å². The molecule has 15 heteroatoms. The van der Waals surface area contributed by atoms with Crippen LogP contribution in [-0.2, 0) is 16.6 Å². The van der Waals surface area contributed by atoms with E-state index < -0.39 is 5.92 Å². The molecule has 292 valence electrons. The first-order valence-electron chi connectivity index (χ1n) is 20.1. The van der Waals surface area contributed by atoms with Crippen LogP contribution in [0, 0.1) is 6.92 Å². The average molecular weight is 767 g/mol. The number of hydrogen-bond donors (Lipinski definition) is 3. The van der Waals surface area contributed by atoms with Crippen LogP contribution in [0.15, 0.2) is 61.2 Å². The van der Waals surface area contributed by atoms with Crippen LogP contribution in [0.25, 0.3) is 32.9 Å². The first-order chi connectivity index (χ1) is 27.8. The van der Waals surface area contributed by atoms with Crippen molar-refractivity contribution < 1.29 is 14.3 Å². The Labute approximate surface area is 329 Å². The second kappa shape index (κ2) is 14.4. The van der Waals surface area contributed by atoms with Crippen molar-refractivity contribution in [1.29, 1.82) is 0 Å². The number of fused-ring (bicyclic) bond motifs is 3. The van der Waals surface area contributed by atoms with E-state index in [2.05, 4.69) is 89.9 Å². The highest BCUT2D eigenvalue weighted by Crippen LogP contribution is 2.37. The number of imide groups is 1. The summed E-state index contributed by atoms with van der Waals surface area (Å²) in [5, 5.41) is 20.7. The van der Waals surface area contributed by atoms with Gasteiger partial charge in [0.05, 0.1) is 40.6 Å². The lowest BCUT2D eigenvalue weighted by atomic mass is 9.92. The third kappa shape index (κ3) is 6.68. The molecule has 0 radical (unpaired) electrons. The van der Waals surface area contributed by atoms with Gasteiger partial charge in [-0.25, -0.2) is 15.0 Å². The van der Waals surface area contributed by atoms with Crippen LogP contribution in [0.2, 0.25) is 0 Å². The van der Waals surface area contributed by atoms with Gasteiger partial charge in [0.15, 0.2) is 0 Å². The molecule has 3 fully saturated rings. The van der Waals surface area contributed by atoms with E-state index in [9.17, 15) is 9.59 Å². The number of nitrogens with one attached hydrogen (secondary N) is 3. The van der Waals surface area contributed by atoms with Crippen LogP contribution in [0.1, 0.15) is 61.7 Å². The van der Waals surface area contributed by atoms with E-state index in [0.717, 1.165) is 114 Å². The topological polar surface area (TPSA) is 160 Å². The molecule has 0 aliphatic carbocycles. The molecular weight excluding hydrogens is 721 g/mol. The SMILES string of the molecule is Cc1c(-c2ccc3cnc(Nc4cnn(C5CCN(C6CCN(c7ccc8c(C9CCC(=O)NC9=O)nn(C)c8c7)CC6)CC5)c4)nc3c2)cnc2c1NCCO2. The molecule has 0 spiro atoms. The smallest absolute Gasteiger partial charge is 0.237 e. The van der Waals surface area contributed by atoms with Crippen LogP contribution < -0.4 is 25.6 Å². The number of carbonyl (C=O) groups is 2. The first-order valence-corrected chi connectivity index (χ1v) is 20.1. The lowest BCUT2D eigenvalue weighted by Crippen LogP contribution is -2.48. The van der Waals surface area contributed by atoms with E-state index in [1.165, 1.54) is 5.69 Å². The summed E-state index contributed by atoms with van der Waals surface area (Å²) in [6.07, 6.45) is 12.9. The van der Waals surface area contributed by atoms with Gasteiger partial charge in [0.1, 0.15) is 12.3 Å². The number of aryl methyl sites for hydroxylation is 1. The number of likely N-dealkylation sites (tertiary alicyclic amines) is 1.